The van der Waals surface area contributed by atoms with Crippen LogP contribution in [0.15, 0.2) is 231 Å². The van der Waals surface area contributed by atoms with Gasteiger partial charge in [-0.25, -0.2) is 29.9 Å². The van der Waals surface area contributed by atoms with Gasteiger partial charge in [0.1, 0.15) is 0 Å². The van der Waals surface area contributed by atoms with Crippen molar-refractivity contribution in [1.29, 1.82) is 0 Å². The van der Waals surface area contributed by atoms with Gasteiger partial charge < -0.3 is 0 Å². The molecule has 0 fully saturated rings. The molecule has 0 N–H and O–H groups in total. The number of benzene rings is 9. The molecule has 4 aromatic heterocycles. The lowest BCUT2D eigenvalue weighted by molar-refractivity contribution is 0.754. The molecule has 3 aliphatic rings. The van der Waals surface area contributed by atoms with E-state index in [0.717, 1.165) is 77.7 Å². The third-order valence-corrected chi connectivity index (χ3v) is 14.7. The van der Waals surface area contributed by atoms with Gasteiger partial charge in [-0.2, -0.15) is 0 Å². The highest BCUT2D eigenvalue weighted by atomic mass is 15.0. The highest BCUT2D eigenvalue weighted by Gasteiger charge is 2.41. The van der Waals surface area contributed by atoms with Crippen molar-refractivity contribution in [2.75, 3.05) is 0 Å². The van der Waals surface area contributed by atoms with Crippen LogP contribution in [0.5, 0.6) is 0 Å². The maximum Gasteiger partial charge on any atom is 0.164 e. The molecule has 13 aromatic rings. The first-order valence-corrected chi connectivity index (χ1v) is 25.3. The van der Waals surface area contributed by atoms with Crippen LogP contribution in [0.3, 0.4) is 0 Å². The quantitative estimate of drug-likeness (QED) is 0.145. The molecule has 10 nitrogen and oxygen atoms in total. The van der Waals surface area contributed by atoms with Crippen LogP contribution in [-0.2, 0) is 0 Å². The van der Waals surface area contributed by atoms with Gasteiger partial charge in [0.2, 0.25) is 0 Å². The first kappa shape index (κ1) is 43.3. The molecule has 0 aliphatic heterocycles. The molecular weight excluding hydrogens is 933 g/mol. The molecule has 16 rings (SSSR count). The van der Waals surface area contributed by atoms with E-state index >= 15 is 0 Å². The SMILES string of the molecule is c1ccc(-c2nc(-c3cccc(-c4cccc5nccnc45)c3)nc(-c3ccc4c(c3)C3c5ccccc5C4c4cc(-c5nc(-c6ccccc6)nc(-c6cccc(-c7cccc8nccnc78)c6)n5)ccc43)n2)cc1. The van der Waals surface area contributed by atoms with Gasteiger partial charge >= 0.3 is 0 Å². The molecule has 76 heavy (non-hydrogen) atoms. The third-order valence-electron chi connectivity index (χ3n) is 14.7. The Bertz CT molecular complexity index is 4150. The summed E-state index contributed by atoms with van der Waals surface area (Å²) in [5.74, 6) is 3.55. The zero-order chi connectivity index (χ0) is 50.1. The fourth-order valence-corrected chi connectivity index (χ4v) is 11.3. The number of rotatable bonds is 8. The molecule has 3 aliphatic carbocycles. The smallest absolute Gasteiger partial charge is 0.164 e. The summed E-state index contributed by atoms with van der Waals surface area (Å²) < 4.78 is 0. The second kappa shape index (κ2) is 17.7. The number of nitrogens with zero attached hydrogens (tertiary/aromatic N) is 10. The molecule has 0 amide bonds. The molecule has 2 unspecified atom stereocenters. The largest absolute Gasteiger partial charge is 0.253 e. The van der Waals surface area contributed by atoms with Crippen molar-refractivity contribution >= 4 is 22.1 Å². The summed E-state index contributed by atoms with van der Waals surface area (Å²) in [5, 5.41) is 0. The van der Waals surface area contributed by atoms with Gasteiger partial charge in [-0.15, -0.1) is 0 Å². The van der Waals surface area contributed by atoms with Crippen molar-refractivity contribution in [3.63, 3.8) is 0 Å². The molecule has 2 atom stereocenters. The molecule has 0 radical (unpaired) electrons. The summed E-state index contributed by atoms with van der Waals surface area (Å²) in [4.78, 5) is 49.6. The second-order valence-corrected chi connectivity index (χ2v) is 19.1. The predicted molar refractivity (Wildman–Crippen MR) is 298 cm³/mol. The maximum atomic E-state index is 5.26. The van der Waals surface area contributed by atoms with Gasteiger partial charge in [-0.05, 0) is 80.9 Å². The first-order chi connectivity index (χ1) is 37.6. The van der Waals surface area contributed by atoms with Crippen molar-refractivity contribution in [2.24, 2.45) is 0 Å². The normalized spacial score (nSPS) is 14.1. The van der Waals surface area contributed by atoms with E-state index in [9.17, 15) is 0 Å². The second-order valence-electron chi connectivity index (χ2n) is 19.1. The van der Waals surface area contributed by atoms with E-state index in [-0.39, 0.29) is 11.8 Å². The van der Waals surface area contributed by atoms with Crippen LogP contribution in [0.1, 0.15) is 45.2 Å². The van der Waals surface area contributed by atoms with Crippen molar-refractivity contribution < 1.29 is 0 Å². The van der Waals surface area contributed by atoms with Crippen molar-refractivity contribution in [2.45, 2.75) is 11.8 Å². The average Bonchev–Trinajstić information content (AvgIpc) is 3.56. The minimum atomic E-state index is -0.0223. The van der Waals surface area contributed by atoms with E-state index in [0.29, 0.717) is 34.9 Å². The fourth-order valence-electron chi connectivity index (χ4n) is 11.3. The van der Waals surface area contributed by atoms with Crippen LogP contribution in [0, 0.1) is 0 Å². The van der Waals surface area contributed by atoms with Crippen molar-refractivity contribution in [3.8, 4) is 90.6 Å². The molecule has 0 spiro atoms. The van der Waals surface area contributed by atoms with Gasteiger partial charge in [0, 0.05) is 81.1 Å². The molecule has 0 saturated heterocycles. The standard InChI is InChI=1S/C66H40N10/c1-3-13-39(14-4-1)61-71-63(43-19-9-17-41(35-43)47-23-11-25-55-59(47)69-33-31-67-55)75-65(73-61)45-27-29-51-53(37-45)57-49-21-7-8-22-50(49)58(51)54-38-46(28-30-52(54)57)66-74-62(40-15-5-2-6-16-40)72-64(76-66)44-20-10-18-42(36-44)48-24-12-26-56-60(48)70-34-32-68-56/h1-38,57-58H. The molecule has 0 saturated carbocycles. The van der Waals surface area contributed by atoms with Crippen LogP contribution in [0.4, 0.5) is 0 Å². The highest BCUT2D eigenvalue weighted by molar-refractivity contribution is 5.93. The minimum absolute atomic E-state index is 0.0223. The van der Waals surface area contributed by atoms with Gasteiger partial charge in [0.05, 0.1) is 22.1 Å². The maximum absolute atomic E-state index is 5.26. The monoisotopic (exact) mass is 972 g/mol. The molecular formula is C66H40N10. The topological polar surface area (TPSA) is 129 Å². The number of fused-ring (bicyclic) bond motifs is 2. The fraction of sp³-hybridized carbons (Fsp3) is 0.0303. The molecule has 354 valence electrons. The first-order valence-electron chi connectivity index (χ1n) is 25.3. The number of para-hydroxylation sites is 2. The Morgan fingerprint density at radius 1 is 0.224 bits per heavy atom. The lowest BCUT2D eigenvalue weighted by Gasteiger charge is -2.42. The van der Waals surface area contributed by atoms with Crippen LogP contribution in [0.25, 0.3) is 113 Å². The van der Waals surface area contributed by atoms with Gasteiger partial charge in [-0.1, -0.05) is 170 Å². The Hall–Kier alpha value is -10.3. The van der Waals surface area contributed by atoms with E-state index < -0.39 is 0 Å². The van der Waals surface area contributed by atoms with E-state index in [1.54, 1.807) is 24.8 Å². The summed E-state index contributed by atoms with van der Waals surface area (Å²) in [6, 6.07) is 71.5. The zero-order valence-corrected chi connectivity index (χ0v) is 40.6. The summed E-state index contributed by atoms with van der Waals surface area (Å²) in [7, 11) is 0. The van der Waals surface area contributed by atoms with Crippen LogP contribution in [0.2, 0.25) is 0 Å². The Morgan fingerprint density at radius 3 is 0.987 bits per heavy atom. The summed E-state index contributed by atoms with van der Waals surface area (Å²) in [5.41, 5.74) is 20.4. The van der Waals surface area contributed by atoms with Crippen LogP contribution >= 0.6 is 0 Å². The molecule has 2 bridgehead atoms. The highest BCUT2D eigenvalue weighted by Crippen LogP contribution is 2.56. The van der Waals surface area contributed by atoms with Crippen LogP contribution in [-0.4, -0.2) is 49.8 Å². The van der Waals surface area contributed by atoms with Gasteiger partial charge in [0.15, 0.2) is 34.9 Å². The lowest BCUT2D eigenvalue weighted by Crippen LogP contribution is -2.27. The van der Waals surface area contributed by atoms with Crippen molar-refractivity contribution in [1.82, 2.24) is 49.8 Å². The average molecular weight is 973 g/mol. The van der Waals surface area contributed by atoms with Gasteiger partial charge in [0.25, 0.3) is 0 Å². The van der Waals surface area contributed by atoms with Gasteiger partial charge in [-0.3, -0.25) is 19.9 Å². The van der Waals surface area contributed by atoms with E-state index in [1.165, 1.54) is 33.4 Å². The summed E-state index contributed by atoms with van der Waals surface area (Å²) in [6.45, 7) is 0. The Labute approximate surface area is 436 Å². The number of hydrogen-bond donors (Lipinski definition) is 0. The zero-order valence-electron chi connectivity index (χ0n) is 40.6. The molecule has 4 heterocycles. The predicted octanol–water partition coefficient (Wildman–Crippen LogP) is 14.3. The Morgan fingerprint density at radius 2 is 0.553 bits per heavy atom. The summed E-state index contributed by atoms with van der Waals surface area (Å²) in [6.07, 6.45) is 6.92. The minimum Gasteiger partial charge on any atom is -0.253 e. The van der Waals surface area contributed by atoms with Crippen molar-refractivity contribution in [3.05, 3.63) is 264 Å². The molecule has 10 heteroatoms. The third kappa shape index (κ3) is 7.34. The number of aromatic nitrogens is 10. The lowest BCUT2D eigenvalue weighted by atomic mass is 9.61. The number of hydrogen-bond acceptors (Lipinski definition) is 10. The van der Waals surface area contributed by atoms with E-state index in [4.69, 9.17) is 39.9 Å². The Balaban J connectivity index is 0.835. The van der Waals surface area contributed by atoms with E-state index in [2.05, 4.69) is 119 Å². The Kier molecular flexibility index (Phi) is 10.1. The molecule has 9 aromatic carbocycles. The van der Waals surface area contributed by atoms with Crippen LogP contribution < -0.4 is 0 Å². The van der Waals surface area contributed by atoms with E-state index in [1.807, 2.05) is 97.1 Å². The summed E-state index contributed by atoms with van der Waals surface area (Å²) >= 11 is 0.